The van der Waals surface area contributed by atoms with Gasteiger partial charge in [-0.05, 0) is 56.2 Å². The normalized spacial score (nSPS) is 18.6. The maximum absolute atomic E-state index is 5.01. The molecule has 0 aromatic carbocycles. The number of methoxy groups -OCH3 is 1. The number of unbranched alkanes of at least 4 members (excludes halogenated alkanes) is 1. The molecule has 14 heavy (non-hydrogen) atoms. The Kier molecular flexibility index (Phi) is 7.55. The molecule has 0 atom stereocenters. The van der Waals surface area contributed by atoms with Gasteiger partial charge in [0.25, 0.3) is 0 Å². The molecular formula is C11H23NOS. The molecule has 1 fully saturated rings. The van der Waals surface area contributed by atoms with Crippen LogP contribution in [-0.4, -0.2) is 38.3 Å². The first kappa shape index (κ1) is 12.3. The minimum atomic E-state index is 0.905. The van der Waals surface area contributed by atoms with Gasteiger partial charge in [0.05, 0.1) is 0 Å². The fourth-order valence-corrected chi connectivity index (χ4v) is 2.96. The Labute approximate surface area is 92.2 Å². The number of thioether (sulfide) groups is 1. The van der Waals surface area contributed by atoms with E-state index in [4.69, 9.17) is 4.74 Å². The van der Waals surface area contributed by atoms with Crippen LogP contribution in [-0.2, 0) is 4.74 Å². The molecule has 1 saturated heterocycles. The monoisotopic (exact) mass is 217 g/mol. The van der Waals surface area contributed by atoms with Crippen molar-refractivity contribution in [2.45, 2.75) is 25.7 Å². The SMILES string of the molecule is COCCCCNCC1CCSCC1. The van der Waals surface area contributed by atoms with E-state index in [9.17, 15) is 0 Å². The van der Waals surface area contributed by atoms with Crippen molar-refractivity contribution >= 4 is 11.8 Å². The third-order valence-electron chi connectivity index (χ3n) is 2.73. The topological polar surface area (TPSA) is 21.3 Å². The fourth-order valence-electron chi connectivity index (χ4n) is 1.75. The van der Waals surface area contributed by atoms with Gasteiger partial charge in [-0.3, -0.25) is 0 Å². The van der Waals surface area contributed by atoms with Crippen molar-refractivity contribution in [3.8, 4) is 0 Å². The van der Waals surface area contributed by atoms with Crippen molar-refractivity contribution < 1.29 is 4.74 Å². The number of hydrogen-bond acceptors (Lipinski definition) is 3. The molecule has 1 aliphatic heterocycles. The Morgan fingerprint density at radius 3 is 2.79 bits per heavy atom. The van der Waals surface area contributed by atoms with Crippen molar-refractivity contribution in [2.24, 2.45) is 5.92 Å². The lowest BCUT2D eigenvalue weighted by Crippen LogP contribution is -2.26. The molecule has 3 heteroatoms. The highest BCUT2D eigenvalue weighted by Crippen LogP contribution is 2.21. The lowest BCUT2D eigenvalue weighted by atomic mass is 10.0. The molecule has 0 aliphatic carbocycles. The first-order valence-corrected chi connectivity index (χ1v) is 6.86. The van der Waals surface area contributed by atoms with Crippen LogP contribution in [0.25, 0.3) is 0 Å². The van der Waals surface area contributed by atoms with E-state index < -0.39 is 0 Å². The average molecular weight is 217 g/mol. The molecular weight excluding hydrogens is 194 g/mol. The van der Waals surface area contributed by atoms with Crippen LogP contribution in [0.3, 0.4) is 0 Å². The van der Waals surface area contributed by atoms with Crippen molar-refractivity contribution in [3.63, 3.8) is 0 Å². The van der Waals surface area contributed by atoms with Gasteiger partial charge in [0.1, 0.15) is 0 Å². The zero-order chi connectivity index (χ0) is 10.1. The molecule has 0 amide bonds. The molecule has 0 spiro atoms. The smallest absolute Gasteiger partial charge is 0.0462 e. The van der Waals surface area contributed by atoms with Crippen LogP contribution in [0.15, 0.2) is 0 Å². The third-order valence-corrected chi connectivity index (χ3v) is 3.77. The number of ether oxygens (including phenoxy) is 1. The first-order valence-electron chi connectivity index (χ1n) is 5.71. The highest BCUT2D eigenvalue weighted by atomic mass is 32.2. The van der Waals surface area contributed by atoms with E-state index in [0.717, 1.165) is 19.1 Å². The second-order valence-electron chi connectivity index (χ2n) is 3.96. The summed E-state index contributed by atoms with van der Waals surface area (Å²) in [6.07, 6.45) is 5.25. The van der Waals surface area contributed by atoms with Crippen LogP contribution in [0, 0.1) is 5.92 Å². The third kappa shape index (κ3) is 5.89. The van der Waals surface area contributed by atoms with Crippen molar-refractivity contribution in [1.29, 1.82) is 0 Å². The summed E-state index contributed by atoms with van der Waals surface area (Å²) in [5.41, 5.74) is 0. The highest BCUT2D eigenvalue weighted by Gasteiger charge is 2.12. The van der Waals surface area contributed by atoms with E-state index in [1.165, 1.54) is 43.7 Å². The van der Waals surface area contributed by atoms with E-state index >= 15 is 0 Å². The Morgan fingerprint density at radius 2 is 2.07 bits per heavy atom. The lowest BCUT2D eigenvalue weighted by molar-refractivity contribution is 0.192. The molecule has 0 saturated carbocycles. The number of nitrogens with one attached hydrogen (secondary N) is 1. The van der Waals surface area contributed by atoms with Gasteiger partial charge in [-0.15, -0.1) is 0 Å². The minimum Gasteiger partial charge on any atom is -0.385 e. The van der Waals surface area contributed by atoms with Crippen molar-refractivity contribution in [2.75, 3.05) is 38.3 Å². The van der Waals surface area contributed by atoms with Gasteiger partial charge < -0.3 is 10.1 Å². The molecule has 0 radical (unpaired) electrons. The van der Waals surface area contributed by atoms with Gasteiger partial charge in [0.2, 0.25) is 0 Å². The Bertz CT molecular complexity index is 126. The summed E-state index contributed by atoms with van der Waals surface area (Å²) in [6, 6.07) is 0. The molecule has 84 valence electrons. The largest absolute Gasteiger partial charge is 0.385 e. The van der Waals surface area contributed by atoms with Crippen LogP contribution in [0.2, 0.25) is 0 Å². The second-order valence-corrected chi connectivity index (χ2v) is 5.18. The fraction of sp³-hybridized carbons (Fsp3) is 1.00. The van der Waals surface area contributed by atoms with Crippen LogP contribution >= 0.6 is 11.8 Å². The summed E-state index contributed by atoms with van der Waals surface area (Å²) in [4.78, 5) is 0. The zero-order valence-corrected chi connectivity index (χ0v) is 10.1. The molecule has 0 unspecified atom stereocenters. The Hall–Kier alpha value is 0.270. The molecule has 1 N–H and O–H groups in total. The predicted octanol–water partition coefficient (Wildman–Crippen LogP) is 2.15. The van der Waals surface area contributed by atoms with E-state index in [1.54, 1.807) is 7.11 Å². The van der Waals surface area contributed by atoms with Gasteiger partial charge in [0, 0.05) is 13.7 Å². The van der Waals surface area contributed by atoms with E-state index in [-0.39, 0.29) is 0 Å². The second kappa shape index (κ2) is 8.57. The minimum absolute atomic E-state index is 0.905. The summed E-state index contributed by atoms with van der Waals surface area (Å²) in [6.45, 7) is 3.29. The van der Waals surface area contributed by atoms with Crippen LogP contribution in [0.1, 0.15) is 25.7 Å². The zero-order valence-electron chi connectivity index (χ0n) is 9.26. The van der Waals surface area contributed by atoms with Gasteiger partial charge in [-0.1, -0.05) is 0 Å². The summed E-state index contributed by atoms with van der Waals surface area (Å²) in [5.74, 6) is 3.69. The average Bonchev–Trinajstić information content (AvgIpc) is 2.25. The van der Waals surface area contributed by atoms with E-state index in [2.05, 4.69) is 17.1 Å². The highest BCUT2D eigenvalue weighted by molar-refractivity contribution is 7.99. The van der Waals surface area contributed by atoms with E-state index in [0.29, 0.717) is 0 Å². The summed E-state index contributed by atoms with van der Waals surface area (Å²) >= 11 is 2.10. The summed E-state index contributed by atoms with van der Waals surface area (Å²) in [5, 5.41) is 3.55. The Balaban J connectivity index is 1.82. The molecule has 1 heterocycles. The standard InChI is InChI=1S/C11H23NOS/c1-13-7-3-2-6-12-10-11-4-8-14-9-5-11/h11-12H,2-10H2,1H3. The maximum Gasteiger partial charge on any atom is 0.0462 e. The van der Waals surface area contributed by atoms with E-state index in [1.807, 2.05) is 0 Å². The maximum atomic E-state index is 5.01. The summed E-state index contributed by atoms with van der Waals surface area (Å²) in [7, 11) is 1.77. The quantitative estimate of drug-likeness (QED) is 0.660. The number of hydrogen-bond donors (Lipinski definition) is 1. The van der Waals surface area contributed by atoms with Crippen LogP contribution in [0.4, 0.5) is 0 Å². The number of rotatable bonds is 7. The van der Waals surface area contributed by atoms with Crippen LogP contribution < -0.4 is 5.32 Å². The molecule has 2 nitrogen and oxygen atoms in total. The molecule has 1 aliphatic rings. The molecule has 0 aromatic rings. The lowest BCUT2D eigenvalue weighted by Gasteiger charge is -2.21. The predicted molar refractivity (Wildman–Crippen MR) is 64.0 cm³/mol. The summed E-state index contributed by atoms with van der Waals surface area (Å²) < 4.78 is 5.01. The molecule has 1 rings (SSSR count). The molecule has 0 bridgehead atoms. The van der Waals surface area contributed by atoms with Gasteiger partial charge >= 0.3 is 0 Å². The van der Waals surface area contributed by atoms with Gasteiger partial charge in [0.15, 0.2) is 0 Å². The Morgan fingerprint density at radius 1 is 1.29 bits per heavy atom. The van der Waals surface area contributed by atoms with Crippen molar-refractivity contribution in [1.82, 2.24) is 5.32 Å². The van der Waals surface area contributed by atoms with Gasteiger partial charge in [-0.2, -0.15) is 11.8 Å². The van der Waals surface area contributed by atoms with Gasteiger partial charge in [-0.25, -0.2) is 0 Å². The first-order chi connectivity index (χ1) is 6.93. The molecule has 0 aromatic heterocycles. The van der Waals surface area contributed by atoms with Crippen molar-refractivity contribution in [3.05, 3.63) is 0 Å². The van der Waals surface area contributed by atoms with Crippen LogP contribution in [0.5, 0.6) is 0 Å².